The minimum Gasteiger partial charge on any atom is -0.491 e. The van der Waals surface area contributed by atoms with Crippen molar-refractivity contribution >= 4 is 6.03 Å². The van der Waals surface area contributed by atoms with Crippen LogP contribution >= 0.6 is 0 Å². The third-order valence-corrected chi connectivity index (χ3v) is 5.48. The molecule has 1 aliphatic heterocycles. The number of benzene rings is 2. The molecule has 0 spiro atoms. The van der Waals surface area contributed by atoms with Gasteiger partial charge in [-0.1, -0.05) is 24.3 Å². The van der Waals surface area contributed by atoms with E-state index in [2.05, 4.69) is 17.3 Å². The summed E-state index contributed by atoms with van der Waals surface area (Å²) in [5.74, 6) is 0.433. The van der Waals surface area contributed by atoms with Crippen molar-refractivity contribution in [3.8, 4) is 5.75 Å². The molecule has 1 fully saturated rings. The Bertz CT molecular complexity index is 815. The van der Waals surface area contributed by atoms with Crippen molar-refractivity contribution in [3.63, 3.8) is 0 Å². The zero-order chi connectivity index (χ0) is 21.7. The number of rotatable bonds is 6. The molecular formula is C24H32FN3O2. The summed E-state index contributed by atoms with van der Waals surface area (Å²) in [6.07, 6.45) is 0.102. The number of nitrogens with one attached hydrogen (secondary N) is 1. The average Bonchev–Trinajstić information content (AvgIpc) is 2.71. The molecule has 0 saturated carbocycles. The molecule has 2 amide bonds. The van der Waals surface area contributed by atoms with Gasteiger partial charge in [-0.05, 0) is 63.2 Å². The standard InChI is InChI=1S/C24H32FN3O2/c1-17(2)30-22-11-7-20(8-12-22)23(19-5-9-21(25)10-6-19)18(3)26-24(29)28-15-13-27(4)14-16-28/h5-12,17-18,23H,13-16H2,1-4H3,(H,26,29)/t18?,23-/m1/s1. The van der Waals surface area contributed by atoms with Crippen LogP contribution in [-0.4, -0.2) is 61.2 Å². The minimum atomic E-state index is -0.271. The highest BCUT2D eigenvalue weighted by molar-refractivity contribution is 5.75. The van der Waals surface area contributed by atoms with Crippen LogP contribution < -0.4 is 10.1 Å². The molecule has 6 heteroatoms. The minimum absolute atomic E-state index is 0.0533. The smallest absolute Gasteiger partial charge is 0.317 e. The van der Waals surface area contributed by atoms with Gasteiger partial charge in [-0.25, -0.2) is 9.18 Å². The molecule has 1 heterocycles. The highest BCUT2D eigenvalue weighted by Crippen LogP contribution is 2.30. The van der Waals surface area contributed by atoms with Crippen LogP contribution in [0.15, 0.2) is 48.5 Å². The van der Waals surface area contributed by atoms with Crippen molar-refractivity contribution in [1.29, 1.82) is 0 Å². The van der Waals surface area contributed by atoms with E-state index in [1.807, 2.05) is 49.9 Å². The lowest BCUT2D eigenvalue weighted by Gasteiger charge is -2.34. The maximum atomic E-state index is 13.5. The van der Waals surface area contributed by atoms with Crippen LogP contribution in [0.2, 0.25) is 0 Å². The summed E-state index contributed by atoms with van der Waals surface area (Å²) in [5, 5.41) is 3.17. The van der Waals surface area contributed by atoms with E-state index in [1.54, 1.807) is 12.1 Å². The van der Waals surface area contributed by atoms with Crippen LogP contribution in [0.1, 0.15) is 37.8 Å². The van der Waals surface area contributed by atoms with Gasteiger partial charge in [0.15, 0.2) is 0 Å². The number of likely N-dealkylation sites (N-methyl/N-ethyl adjacent to an activating group) is 1. The summed E-state index contributed by atoms with van der Waals surface area (Å²) in [6, 6.07) is 14.2. The summed E-state index contributed by atoms with van der Waals surface area (Å²) in [7, 11) is 2.06. The lowest BCUT2D eigenvalue weighted by Crippen LogP contribution is -2.53. The first-order chi connectivity index (χ1) is 14.3. The fourth-order valence-electron chi connectivity index (χ4n) is 3.84. The fraction of sp³-hybridized carbons (Fsp3) is 0.458. The number of carbonyl (C=O) groups excluding carboxylic acids is 1. The van der Waals surface area contributed by atoms with Gasteiger partial charge < -0.3 is 19.9 Å². The quantitative estimate of drug-likeness (QED) is 0.776. The number of carbonyl (C=O) groups is 1. The lowest BCUT2D eigenvalue weighted by molar-refractivity contribution is 0.151. The Morgan fingerprint density at radius 2 is 1.47 bits per heavy atom. The molecule has 1 aliphatic rings. The molecule has 1 unspecified atom stereocenters. The topological polar surface area (TPSA) is 44.8 Å². The van der Waals surface area contributed by atoms with Crippen LogP contribution in [0.3, 0.4) is 0 Å². The van der Waals surface area contributed by atoms with Gasteiger partial charge in [-0.2, -0.15) is 0 Å². The fourth-order valence-corrected chi connectivity index (χ4v) is 3.84. The second-order valence-corrected chi connectivity index (χ2v) is 8.29. The number of nitrogens with zero attached hydrogens (tertiary/aromatic N) is 2. The molecule has 1 N–H and O–H groups in total. The van der Waals surface area contributed by atoms with Crippen molar-refractivity contribution in [3.05, 3.63) is 65.5 Å². The van der Waals surface area contributed by atoms with Gasteiger partial charge in [0.1, 0.15) is 11.6 Å². The van der Waals surface area contributed by atoms with E-state index in [0.717, 1.165) is 43.1 Å². The van der Waals surface area contributed by atoms with Crippen molar-refractivity contribution in [1.82, 2.24) is 15.1 Å². The van der Waals surface area contributed by atoms with Gasteiger partial charge in [-0.3, -0.25) is 0 Å². The van der Waals surface area contributed by atoms with Crippen LogP contribution in [0.25, 0.3) is 0 Å². The van der Waals surface area contributed by atoms with Crippen LogP contribution in [-0.2, 0) is 0 Å². The number of hydrogen-bond acceptors (Lipinski definition) is 3. The maximum absolute atomic E-state index is 13.5. The first kappa shape index (κ1) is 22.1. The summed E-state index contributed by atoms with van der Waals surface area (Å²) in [5.41, 5.74) is 2.00. The number of piperazine rings is 1. The third-order valence-electron chi connectivity index (χ3n) is 5.48. The second-order valence-electron chi connectivity index (χ2n) is 8.29. The number of halogens is 1. The Balaban J connectivity index is 1.80. The van der Waals surface area contributed by atoms with Crippen LogP contribution in [0, 0.1) is 5.82 Å². The molecule has 0 radical (unpaired) electrons. The number of ether oxygens (including phenoxy) is 1. The van der Waals surface area contributed by atoms with Crippen LogP contribution in [0.5, 0.6) is 5.75 Å². The van der Waals surface area contributed by atoms with E-state index in [4.69, 9.17) is 4.74 Å². The predicted molar refractivity (Wildman–Crippen MR) is 118 cm³/mol. The van der Waals surface area contributed by atoms with Gasteiger partial charge in [0, 0.05) is 38.1 Å². The maximum Gasteiger partial charge on any atom is 0.317 e. The zero-order valence-corrected chi connectivity index (χ0v) is 18.3. The van der Waals surface area contributed by atoms with Gasteiger partial charge >= 0.3 is 6.03 Å². The Morgan fingerprint density at radius 1 is 0.933 bits per heavy atom. The molecule has 162 valence electrons. The van der Waals surface area contributed by atoms with Gasteiger partial charge in [0.25, 0.3) is 0 Å². The molecule has 3 rings (SSSR count). The molecule has 2 atom stereocenters. The van der Waals surface area contributed by atoms with E-state index in [0.29, 0.717) is 0 Å². The van der Waals surface area contributed by atoms with E-state index >= 15 is 0 Å². The van der Waals surface area contributed by atoms with Crippen molar-refractivity contribution in [2.24, 2.45) is 0 Å². The molecule has 2 aromatic carbocycles. The predicted octanol–water partition coefficient (Wildman–Crippen LogP) is 4.09. The summed E-state index contributed by atoms with van der Waals surface area (Å²) in [4.78, 5) is 16.9. The highest BCUT2D eigenvalue weighted by Gasteiger charge is 2.26. The Labute approximate surface area is 178 Å². The number of hydrogen-bond donors (Lipinski definition) is 1. The molecule has 0 bridgehead atoms. The Morgan fingerprint density at radius 3 is 2.00 bits per heavy atom. The average molecular weight is 414 g/mol. The van der Waals surface area contributed by atoms with Gasteiger partial charge in [-0.15, -0.1) is 0 Å². The summed E-state index contributed by atoms with van der Waals surface area (Å²) < 4.78 is 19.3. The summed E-state index contributed by atoms with van der Waals surface area (Å²) in [6.45, 7) is 9.17. The first-order valence-electron chi connectivity index (χ1n) is 10.6. The van der Waals surface area contributed by atoms with E-state index in [-0.39, 0.29) is 29.9 Å². The van der Waals surface area contributed by atoms with Crippen LogP contribution in [0.4, 0.5) is 9.18 Å². The molecule has 5 nitrogen and oxygen atoms in total. The van der Waals surface area contributed by atoms with Gasteiger partial charge in [0.2, 0.25) is 0 Å². The van der Waals surface area contributed by atoms with Crippen molar-refractivity contribution in [2.75, 3.05) is 33.2 Å². The molecule has 2 aromatic rings. The van der Waals surface area contributed by atoms with E-state index in [9.17, 15) is 9.18 Å². The van der Waals surface area contributed by atoms with E-state index < -0.39 is 0 Å². The molecule has 0 aromatic heterocycles. The van der Waals surface area contributed by atoms with Crippen molar-refractivity contribution < 1.29 is 13.9 Å². The number of urea groups is 1. The third kappa shape index (κ3) is 5.72. The summed E-state index contributed by atoms with van der Waals surface area (Å²) >= 11 is 0. The molecule has 30 heavy (non-hydrogen) atoms. The SMILES string of the molecule is CC(C)Oc1ccc([C@@H](c2ccc(F)cc2)C(C)NC(=O)N2CCN(C)CC2)cc1. The van der Waals surface area contributed by atoms with Gasteiger partial charge in [0.05, 0.1) is 6.10 Å². The molecular weight excluding hydrogens is 381 g/mol. The normalized spacial score (nSPS) is 16.9. The largest absolute Gasteiger partial charge is 0.491 e. The monoisotopic (exact) mass is 413 g/mol. The first-order valence-corrected chi connectivity index (χ1v) is 10.6. The molecule has 1 saturated heterocycles. The second kappa shape index (κ2) is 9.94. The highest BCUT2D eigenvalue weighted by atomic mass is 19.1. The van der Waals surface area contributed by atoms with Crippen molar-refractivity contribution in [2.45, 2.75) is 38.8 Å². The lowest BCUT2D eigenvalue weighted by atomic mass is 9.85. The Kier molecular flexibility index (Phi) is 7.32. The Hall–Kier alpha value is -2.60. The number of amides is 2. The zero-order valence-electron chi connectivity index (χ0n) is 18.3. The molecule has 0 aliphatic carbocycles. The van der Waals surface area contributed by atoms with E-state index in [1.165, 1.54) is 12.1 Å².